The summed E-state index contributed by atoms with van der Waals surface area (Å²) in [6.07, 6.45) is 2.45. The Morgan fingerprint density at radius 2 is 2.10 bits per heavy atom. The molecule has 0 fully saturated rings. The van der Waals surface area contributed by atoms with Crippen molar-refractivity contribution in [2.45, 2.75) is 6.61 Å². The molecule has 108 valence electrons. The van der Waals surface area contributed by atoms with E-state index in [-0.39, 0.29) is 6.61 Å². The molecular formula is C15H15N3O3. The Balaban J connectivity index is 1.75. The maximum Gasteiger partial charge on any atom is 0.428 e. The highest BCUT2D eigenvalue weighted by atomic mass is 16.6. The smallest absolute Gasteiger partial charge is 0.428 e. The fraction of sp³-hybridized carbons (Fsp3) is 0.133. The van der Waals surface area contributed by atoms with Gasteiger partial charge < -0.3 is 9.47 Å². The summed E-state index contributed by atoms with van der Waals surface area (Å²) in [6.45, 7) is 0.162. The van der Waals surface area contributed by atoms with Gasteiger partial charge in [-0.05, 0) is 29.8 Å². The molecule has 0 saturated carbocycles. The first-order valence-corrected chi connectivity index (χ1v) is 6.28. The fourth-order valence-corrected chi connectivity index (χ4v) is 1.51. The molecule has 0 spiro atoms. The van der Waals surface area contributed by atoms with Crippen LogP contribution in [0.1, 0.15) is 11.3 Å². The molecule has 6 nitrogen and oxygen atoms in total. The molecule has 2 aromatic rings. The summed E-state index contributed by atoms with van der Waals surface area (Å²) >= 11 is 0. The number of nitrogens with one attached hydrogen (secondary N) is 1. The van der Waals surface area contributed by atoms with Crippen molar-refractivity contribution in [2.75, 3.05) is 7.11 Å². The number of methoxy groups -OCH3 is 1. The molecule has 2 rings (SSSR count). The van der Waals surface area contributed by atoms with Crippen LogP contribution in [0.3, 0.4) is 0 Å². The third-order valence-electron chi connectivity index (χ3n) is 2.57. The summed E-state index contributed by atoms with van der Waals surface area (Å²) in [5, 5.41) is 3.75. The van der Waals surface area contributed by atoms with E-state index in [0.29, 0.717) is 5.69 Å². The van der Waals surface area contributed by atoms with E-state index >= 15 is 0 Å². The van der Waals surface area contributed by atoms with Crippen molar-refractivity contribution in [3.05, 3.63) is 59.9 Å². The van der Waals surface area contributed by atoms with E-state index in [4.69, 9.17) is 9.47 Å². The Kier molecular flexibility index (Phi) is 5.28. The lowest BCUT2D eigenvalue weighted by Crippen LogP contribution is -2.18. The average molecular weight is 285 g/mol. The second-order valence-electron chi connectivity index (χ2n) is 4.05. The molecule has 1 aromatic carbocycles. The summed E-state index contributed by atoms with van der Waals surface area (Å²) in [4.78, 5) is 15.5. The van der Waals surface area contributed by atoms with Gasteiger partial charge in [0, 0.05) is 6.20 Å². The van der Waals surface area contributed by atoms with Gasteiger partial charge in [-0.3, -0.25) is 4.98 Å². The van der Waals surface area contributed by atoms with Crippen molar-refractivity contribution in [2.24, 2.45) is 5.10 Å². The van der Waals surface area contributed by atoms with E-state index in [0.717, 1.165) is 11.3 Å². The van der Waals surface area contributed by atoms with Crippen LogP contribution in [-0.4, -0.2) is 24.4 Å². The molecular weight excluding hydrogens is 270 g/mol. The minimum atomic E-state index is -0.627. The number of hydrogen-bond donors (Lipinski definition) is 1. The fourth-order valence-electron chi connectivity index (χ4n) is 1.51. The first-order valence-electron chi connectivity index (χ1n) is 6.28. The van der Waals surface area contributed by atoms with Crippen molar-refractivity contribution in [1.82, 2.24) is 10.4 Å². The van der Waals surface area contributed by atoms with Crippen LogP contribution in [-0.2, 0) is 11.3 Å². The summed E-state index contributed by atoms with van der Waals surface area (Å²) in [5.74, 6) is 0.753. The molecule has 0 aliphatic rings. The average Bonchev–Trinajstić information content (AvgIpc) is 2.54. The highest BCUT2D eigenvalue weighted by molar-refractivity contribution is 5.78. The Morgan fingerprint density at radius 1 is 1.29 bits per heavy atom. The molecule has 1 amide bonds. The van der Waals surface area contributed by atoms with Crippen molar-refractivity contribution in [3.8, 4) is 5.75 Å². The molecule has 0 aliphatic carbocycles. The molecule has 0 aliphatic heterocycles. The van der Waals surface area contributed by atoms with Gasteiger partial charge in [-0.15, -0.1) is 0 Å². The SMILES string of the molecule is COc1ccc(COC(=O)N/N=C/c2ccccn2)cc1. The molecule has 1 heterocycles. The van der Waals surface area contributed by atoms with Crippen LogP contribution in [0.15, 0.2) is 53.8 Å². The van der Waals surface area contributed by atoms with E-state index in [9.17, 15) is 4.79 Å². The standard InChI is InChI=1S/C15H15N3O3/c1-20-14-7-5-12(6-8-14)11-21-15(19)18-17-10-13-4-2-3-9-16-13/h2-10H,11H2,1H3,(H,18,19)/b17-10+. The van der Waals surface area contributed by atoms with Crippen LogP contribution in [0.25, 0.3) is 0 Å². The number of amides is 1. The number of rotatable bonds is 5. The zero-order valence-electron chi connectivity index (χ0n) is 11.5. The van der Waals surface area contributed by atoms with Crippen LogP contribution >= 0.6 is 0 Å². The largest absolute Gasteiger partial charge is 0.497 e. The summed E-state index contributed by atoms with van der Waals surface area (Å²) in [7, 11) is 1.60. The van der Waals surface area contributed by atoms with Crippen molar-refractivity contribution in [3.63, 3.8) is 0 Å². The topological polar surface area (TPSA) is 72.8 Å². The van der Waals surface area contributed by atoms with E-state index < -0.39 is 6.09 Å². The molecule has 0 unspecified atom stereocenters. The predicted octanol–water partition coefficient (Wildman–Crippen LogP) is 2.35. The Hall–Kier alpha value is -2.89. The number of carbonyl (C=O) groups excluding carboxylic acids is 1. The van der Waals surface area contributed by atoms with Gasteiger partial charge >= 0.3 is 6.09 Å². The maximum absolute atomic E-state index is 11.4. The number of benzene rings is 1. The van der Waals surface area contributed by atoms with Gasteiger partial charge in [0.1, 0.15) is 12.4 Å². The Morgan fingerprint density at radius 3 is 2.76 bits per heavy atom. The third kappa shape index (κ3) is 4.94. The number of pyridine rings is 1. The first kappa shape index (κ1) is 14.5. The molecule has 1 N–H and O–H groups in total. The van der Waals surface area contributed by atoms with E-state index in [1.165, 1.54) is 6.21 Å². The zero-order chi connectivity index (χ0) is 14.9. The summed E-state index contributed by atoms with van der Waals surface area (Å²) < 4.78 is 10.1. The zero-order valence-corrected chi connectivity index (χ0v) is 11.5. The molecule has 0 saturated heterocycles. The van der Waals surface area contributed by atoms with Crippen LogP contribution in [0.2, 0.25) is 0 Å². The van der Waals surface area contributed by atoms with E-state index in [1.54, 1.807) is 37.6 Å². The predicted molar refractivity (Wildman–Crippen MR) is 78.1 cm³/mol. The molecule has 6 heteroatoms. The van der Waals surface area contributed by atoms with Crippen molar-refractivity contribution < 1.29 is 14.3 Å². The van der Waals surface area contributed by atoms with Gasteiger partial charge in [-0.2, -0.15) is 5.10 Å². The van der Waals surface area contributed by atoms with E-state index in [2.05, 4.69) is 15.5 Å². The van der Waals surface area contributed by atoms with Crippen LogP contribution in [0.4, 0.5) is 4.79 Å². The minimum Gasteiger partial charge on any atom is -0.497 e. The van der Waals surface area contributed by atoms with Gasteiger partial charge in [-0.1, -0.05) is 18.2 Å². The van der Waals surface area contributed by atoms with Gasteiger partial charge in [0.05, 0.1) is 19.0 Å². The Bertz CT molecular complexity index is 597. The number of nitrogens with zero attached hydrogens (tertiary/aromatic N) is 2. The highest BCUT2D eigenvalue weighted by Gasteiger charge is 2.01. The summed E-state index contributed by atoms with van der Waals surface area (Å²) in [6, 6.07) is 12.6. The molecule has 21 heavy (non-hydrogen) atoms. The quantitative estimate of drug-likeness (QED) is 0.676. The number of aromatic nitrogens is 1. The number of hydrazone groups is 1. The van der Waals surface area contributed by atoms with Crippen LogP contribution < -0.4 is 10.2 Å². The maximum atomic E-state index is 11.4. The molecule has 1 aromatic heterocycles. The number of carbonyl (C=O) groups is 1. The number of ether oxygens (including phenoxy) is 2. The number of hydrogen-bond acceptors (Lipinski definition) is 5. The first-order chi connectivity index (χ1) is 10.3. The molecule has 0 atom stereocenters. The second-order valence-corrected chi connectivity index (χ2v) is 4.05. The van der Waals surface area contributed by atoms with Crippen molar-refractivity contribution in [1.29, 1.82) is 0 Å². The molecule has 0 bridgehead atoms. The van der Waals surface area contributed by atoms with Crippen LogP contribution in [0, 0.1) is 0 Å². The van der Waals surface area contributed by atoms with Gasteiger partial charge in [-0.25, -0.2) is 10.2 Å². The monoisotopic (exact) mass is 285 g/mol. The normalized spacial score (nSPS) is 10.3. The van der Waals surface area contributed by atoms with Gasteiger partial charge in [0.2, 0.25) is 0 Å². The van der Waals surface area contributed by atoms with E-state index in [1.807, 2.05) is 18.2 Å². The Labute approximate surface area is 122 Å². The minimum absolute atomic E-state index is 0.162. The lowest BCUT2D eigenvalue weighted by atomic mass is 10.2. The second kappa shape index (κ2) is 7.64. The van der Waals surface area contributed by atoms with Gasteiger partial charge in [0.25, 0.3) is 0 Å². The summed E-state index contributed by atoms with van der Waals surface area (Å²) in [5.41, 5.74) is 3.77. The van der Waals surface area contributed by atoms with Crippen molar-refractivity contribution >= 4 is 12.3 Å². The van der Waals surface area contributed by atoms with Crippen LogP contribution in [0.5, 0.6) is 5.75 Å². The molecule has 0 radical (unpaired) electrons. The lowest BCUT2D eigenvalue weighted by Gasteiger charge is -2.05. The highest BCUT2D eigenvalue weighted by Crippen LogP contribution is 2.11. The third-order valence-corrected chi connectivity index (χ3v) is 2.57. The van der Waals surface area contributed by atoms with Gasteiger partial charge in [0.15, 0.2) is 0 Å². The lowest BCUT2D eigenvalue weighted by molar-refractivity contribution is 0.140.